The molecule has 2 aromatic carbocycles. The summed E-state index contributed by atoms with van der Waals surface area (Å²) in [5.41, 5.74) is 1.87. The van der Waals surface area contributed by atoms with E-state index in [1.807, 2.05) is 6.92 Å². The smallest absolute Gasteiger partial charge is 0.261 e. The summed E-state index contributed by atoms with van der Waals surface area (Å²) < 4.78 is 26.8. The van der Waals surface area contributed by atoms with Crippen LogP contribution < -0.4 is 4.72 Å². The molecule has 0 aliphatic rings. The predicted molar refractivity (Wildman–Crippen MR) is 74.8 cm³/mol. The van der Waals surface area contributed by atoms with Gasteiger partial charge in [-0.05, 0) is 38.1 Å². The second-order valence-corrected chi connectivity index (χ2v) is 6.05. The van der Waals surface area contributed by atoms with Gasteiger partial charge in [0.25, 0.3) is 10.0 Å². The van der Waals surface area contributed by atoms with E-state index in [1.165, 1.54) is 6.07 Å². The van der Waals surface area contributed by atoms with E-state index in [4.69, 9.17) is 0 Å². The van der Waals surface area contributed by atoms with E-state index >= 15 is 0 Å². The fourth-order valence-electron chi connectivity index (χ4n) is 1.66. The molecule has 4 nitrogen and oxygen atoms in total. The van der Waals surface area contributed by atoms with Gasteiger partial charge in [0, 0.05) is 5.56 Å². The first-order chi connectivity index (χ1) is 8.90. The summed E-state index contributed by atoms with van der Waals surface area (Å²) >= 11 is 0. The molecule has 5 heteroatoms. The number of benzene rings is 2. The Hall–Kier alpha value is -2.01. The third kappa shape index (κ3) is 2.88. The number of nitrogens with one attached hydrogen (secondary N) is 1. The number of phenols is 1. The lowest BCUT2D eigenvalue weighted by molar-refractivity contribution is 0.471. The minimum atomic E-state index is -3.63. The molecule has 2 rings (SSSR count). The maximum atomic E-state index is 12.2. The van der Waals surface area contributed by atoms with Gasteiger partial charge < -0.3 is 5.11 Å². The van der Waals surface area contributed by atoms with Crippen molar-refractivity contribution in [3.63, 3.8) is 0 Å². The average molecular weight is 277 g/mol. The first-order valence-corrected chi connectivity index (χ1v) is 7.26. The zero-order valence-electron chi connectivity index (χ0n) is 10.7. The molecule has 0 bridgehead atoms. The third-order valence-corrected chi connectivity index (χ3v) is 4.26. The molecule has 0 spiro atoms. The number of anilines is 1. The van der Waals surface area contributed by atoms with Crippen LogP contribution >= 0.6 is 0 Å². The fraction of sp³-hybridized carbons (Fsp3) is 0.143. The molecular formula is C14H15NO3S. The topological polar surface area (TPSA) is 66.4 Å². The van der Waals surface area contributed by atoms with Gasteiger partial charge in [-0.3, -0.25) is 4.72 Å². The third-order valence-electron chi connectivity index (χ3n) is 2.88. The van der Waals surface area contributed by atoms with Crippen LogP contribution in [0.25, 0.3) is 0 Å². The number of hydrogen-bond acceptors (Lipinski definition) is 3. The van der Waals surface area contributed by atoms with Crippen LogP contribution in [0.15, 0.2) is 47.4 Å². The molecule has 0 aromatic heterocycles. The van der Waals surface area contributed by atoms with Gasteiger partial charge in [-0.25, -0.2) is 8.42 Å². The quantitative estimate of drug-likeness (QED) is 0.906. The number of rotatable bonds is 3. The van der Waals surface area contributed by atoms with Crippen molar-refractivity contribution >= 4 is 15.7 Å². The molecule has 2 N–H and O–H groups in total. The maximum absolute atomic E-state index is 12.2. The van der Waals surface area contributed by atoms with Gasteiger partial charge in [0.2, 0.25) is 0 Å². The molecule has 0 radical (unpaired) electrons. The normalized spacial score (nSPS) is 11.3. The molecule has 0 saturated carbocycles. The SMILES string of the molecule is Cc1ccc(S(=O)(=O)Nc2cccc(O)c2C)cc1. The van der Waals surface area contributed by atoms with Crippen LogP contribution in [0.5, 0.6) is 5.75 Å². The number of aryl methyl sites for hydroxylation is 1. The van der Waals surface area contributed by atoms with Crippen LogP contribution in [0.1, 0.15) is 11.1 Å². The van der Waals surface area contributed by atoms with Crippen molar-refractivity contribution < 1.29 is 13.5 Å². The number of aromatic hydroxyl groups is 1. The molecule has 0 heterocycles. The molecule has 19 heavy (non-hydrogen) atoms. The minimum Gasteiger partial charge on any atom is -0.508 e. The van der Waals surface area contributed by atoms with Crippen molar-refractivity contribution in [2.24, 2.45) is 0 Å². The lowest BCUT2D eigenvalue weighted by Gasteiger charge is -2.11. The first kappa shape index (κ1) is 13.4. The first-order valence-electron chi connectivity index (χ1n) is 5.78. The van der Waals surface area contributed by atoms with Gasteiger partial charge >= 0.3 is 0 Å². The Bertz CT molecular complexity index is 691. The van der Waals surface area contributed by atoms with Crippen molar-refractivity contribution in [3.05, 3.63) is 53.6 Å². The summed E-state index contributed by atoms with van der Waals surface area (Å²) in [5.74, 6) is 0.0594. The highest BCUT2D eigenvalue weighted by atomic mass is 32.2. The zero-order chi connectivity index (χ0) is 14.0. The Morgan fingerprint density at radius 3 is 2.26 bits per heavy atom. The highest BCUT2D eigenvalue weighted by molar-refractivity contribution is 7.92. The molecule has 0 unspecified atom stereocenters. The van der Waals surface area contributed by atoms with Crippen molar-refractivity contribution in [2.45, 2.75) is 18.7 Å². The fourth-order valence-corrected chi connectivity index (χ4v) is 2.78. The second-order valence-electron chi connectivity index (χ2n) is 4.37. The van der Waals surface area contributed by atoms with Gasteiger partial charge in [-0.2, -0.15) is 0 Å². The van der Waals surface area contributed by atoms with E-state index in [9.17, 15) is 13.5 Å². The van der Waals surface area contributed by atoms with Crippen molar-refractivity contribution in [1.29, 1.82) is 0 Å². The molecule has 0 aliphatic heterocycles. The lowest BCUT2D eigenvalue weighted by Crippen LogP contribution is -2.13. The van der Waals surface area contributed by atoms with Crippen LogP contribution in [-0.4, -0.2) is 13.5 Å². The molecule has 100 valence electrons. The molecule has 2 aromatic rings. The summed E-state index contributed by atoms with van der Waals surface area (Å²) in [7, 11) is -3.63. The van der Waals surface area contributed by atoms with E-state index in [-0.39, 0.29) is 10.6 Å². The summed E-state index contributed by atoms with van der Waals surface area (Å²) in [6.07, 6.45) is 0. The molecule has 0 amide bonds. The van der Waals surface area contributed by atoms with E-state index in [0.717, 1.165) is 5.56 Å². The van der Waals surface area contributed by atoms with E-state index in [2.05, 4.69) is 4.72 Å². The molecular weight excluding hydrogens is 262 g/mol. The Kier molecular flexibility index (Phi) is 3.48. The van der Waals surface area contributed by atoms with E-state index in [1.54, 1.807) is 43.3 Å². The molecule has 0 fully saturated rings. The van der Waals surface area contributed by atoms with E-state index < -0.39 is 10.0 Å². The summed E-state index contributed by atoms with van der Waals surface area (Å²) in [6.45, 7) is 3.55. The van der Waals surface area contributed by atoms with Crippen LogP contribution in [0, 0.1) is 13.8 Å². The van der Waals surface area contributed by atoms with Crippen molar-refractivity contribution in [3.8, 4) is 5.75 Å². The highest BCUT2D eigenvalue weighted by Crippen LogP contribution is 2.26. The minimum absolute atomic E-state index is 0.0594. The molecule has 0 atom stereocenters. The Balaban J connectivity index is 2.36. The highest BCUT2D eigenvalue weighted by Gasteiger charge is 2.15. The number of phenolic OH excluding ortho intramolecular Hbond substituents is 1. The monoisotopic (exact) mass is 277 g/mol. The molecule has 0 aliphatic carbocycles. The summed E-state index contributed by atoms with van der Waals surface area (Å²) in [6, 6.07) is 11.3. The van der Waals surface area contributed by atoms with Gasteiger partial charge in [-0.1, -0.05) is 23.8 Å². The zero-order valence-corrected chi connectivity index (χ0v) is 11.5. The van der Waals surface area contributed by atoms with Gasteiger partial charge in [0.15, 0.2) is 0 Å². The van der Waals surface area contributed by atoms with Crippen LogP contribution in [0.4, 0.5) is 5.69 Å². The second kappa shape index (κ2) is 4.93. The van der Waals surface area contributed by atoms with Crippen molar-refractivity contribution in [1.82, 2.24) is 0 Å². The lowest BCUT2D eigenvalue weighted by atomic mass is 10.2. The predicted octanol–water partition coefficient (Wildman–Crippen LogP) is 2.81. The van der Waals surface area contributed by atoms with Crippen LogP contribution in [0.2, 0.25) is 0 Å². The summed E-state index contributed by atoms with van der Waals surface area (Å²) in [4.78, 5) is 0.195. The Morgan fingerprint density at radius 2 is 1.63 bits per heavy atom. The summed E-state index contributed by atoms with van der Waals surface area (Å²) in [5, 5.41) is 9.57. The Labute approximate surface area is 112 Å². The number of hydrogen-bond donors (Lipinski definition) is 2. The van der Waals surface area contributed by atoms with Crippen LogP contribution in [-0.2, 0) is 10.0 Å². The number of sulfonamides is 1. The van der Waals surface area contributed by atoms with Crippen LogP contribution in [0.3, 0.4) is 0 Å². The van der Waals surface area contributed by atoms with Gasteiger partial charge in [0.05, 0.1) is 10.6 Å². The molecule has 0 saturated heterocycles. The largest absolute Gasteiger partial charge is 0.508 e. The Morgan fingerprint density at radius 1 is 1.00 bits per heavy atom. The van der Waals surface area contributed by atoms with Crippen molar-refractivity contribution in [2.75, 3.05) is 4.72 Å². The standard InChI is InChI=1S/C14H15NO3S/c1-10-6-8-12(9-7-10)19(17,18)15-13-4-3-5-14(16)11(13)2/h3-9,15-16H,1-2H3. The maximum Gasteiger partial charge on any atom is 0.261 e. The van der Waals surface area contributed by atoms with Gasteiger partial charge in [-0.15, -0.1) is 0 Å². The average Bonchev–Trinajstić information content (AvgIpc) is 2.35. The van der Waals surface area contributed by atoms with Gasteiger partial charge in [0.1, 0.15) is 5.75 Å². The van der Waals surface area contributed by atoms with E-state index in [0.29, 0.717) is 11.3 Å².